The van der Waals surface area contributed by atoms with E-state index >= 15 is 0 Å². The summed E-state index contributed by atoms with van der Waals surface area (Å²) in [6, 6.07) is 4.63. The first-order valence-electron chi connectivity index (χ1n) is 9.23. The fraction of sp³-hybridized carbons (Fsp3) is 0.571. The van der Waals surface area contributed by atoms with Crippen molar-refractivity contribution in [3.8, 4) is 0 Å². The van der Waals surface area contributed by atoms with Crippen molar-refractivity contribution in [2.24, 2.45) is 0 Å². The monoisotopic (exact) mass is 382 g/mol. The number of alkyl halides is 3. The highest BCUT2D eigenvalue weighted by atomic mass is 19.4. The Hall–Kier alpha value is -1.82. The molecule has 1 aliphatic heterocycles. The lowest BCUT2D eigenvalue weighted by Gasteiger charge is -2.29. The number of rotatable bonds is 4. The summed E-state index contributed by atoms with van der Waals surface area (Å²) in [7, 11) is 3.81. The zero-order chi connectivity index (χ0) is 20.4. The predicted molar refractivity (Wildman–Crippen MR) is 102 cm³/mol. The molecule has 0 atom stereocenters. The van der Waals surface area contributed by atoms with Crippen LogP contribution in [-0.2, 0) is 16.4 Å². The quantitative estimate of drug-likeness (QED) is 0.762. The molecular weight excluding hydrogens is 353 g/mol. The first-order valence-corrected chi connectivity index (χ1v) is 9.23. The Morgan fingerprint density at radius 1 is 1.19 bits per heavy atom. The van der Waals surface area contributed by atoms with E-state index in [1.54, 1.807) is 23.1 Å². The van der Waals surface area contributed by atoms with E-state index in [1.807, 2.05) is 39.8 Å². The highest BCUT2D eigenvalue weighted by Crippen LogP contribution is 2.39. The molecule has 6 heteroatoms. The van der Waals surface area contributed by atoms with Gasteiger partial charge in [-0.15, -0.1) is 0 Å². The molecule has 0 saturated carbocycles. The molecule has 0 unspecified atom stereocenters. The molecule has 3 nitrogen and oxygen atoms in total. The smallest absolute Gasteiger partial charge is 0.339 e. The van der Waals surface area contributed by atoms with Crippen LogP contribution in [0, 0.1) is 0 Å². The Balaban J connectivity index is 2.25. The van der Waals surface area contributed by atoms with E-state index in [0.29, 0.717) is 43.6 Å². The van der Waals surface area contributed by atoms with Gasteiger partial charge < -0.3 is 9.80 Å². The molecular formula is C21H29F3N2O. The molecule has 0 saturated heterocycles. The molecule has 0 bridgehead atoms. The highest BCUT2D eigenvalue weighted by molar-refractivity contribution is 5.79. The third-order valence-electron chi connectivity index (χ3n) is 4.87. The summed E-state index contributed by atoms with van der Waals surface area (Å²) in [5.74, 6) is 0.0399. The Bertz CT molecular complexity index is 715. The molecule has 1 heterocycles. The van der Waals surface area contributed by atoms with Crippen molar-refractivity contribution < 1.29 is 18.0 Å². The number of carbonyl (C=O) groups excluding carboxylic acids is 1. The highest BCUT2D eigenvalue weighted by Gasteiger charge is 2.35. The number of carbonyl (C=O) groups is 1. The van der Waals surface area contributed by atoms with Gasteiger partial charge in [-0.2, -0.15) is 13.2 Å². The molecule has 0 N–H and O–H groups in total. The molecule has 0 spiro atoms. The lowest BCUT2D eigenvalue weighted by molar-refractivity contribution is -0.138. The average molecular weight is 382 g/mol. The van der Waals surface area contributed by atoms with Crippen LogP contribution in [-0.4, -0.2) is 49.4 Å². The second kappa shape index (κ2) is 8.05. The van der Waals surface area contributed by atoms with Gasteiger partial charge in [0.2, 0.25) is 5.91 Å². The van der Waals surface area contributed by atoms with Crippen LogP contribution in [0.15, 0.2) is 24.3 Å². The normalized spacial score (nSPS) is 15.9. The summed E-state index contributed by atoms with van der Waals surface area (Å²) in [5.41, 5.74) is 0.620. The van der Waals surface area contributed by atoms with Gasteiger partial charge in [-0.1, -0.05) is 39.0 Å². The van der Waals surface area contributed by atoms with E-state index in [4.69, 9.17) is 0 Å². The molecule has 1 aromatic rings. The zero-order valence-electron chi connectivity index (χ0n) is 16.8. The van der Waals surface area contributed by atoms with Gasteiger partial charge in [-0.3, -0.25) is 4.79 Å². The van der Waals surface area contributed by atoms with E-state index in [0.717, 1.165) is 0 Å². The minimum absolute atomic E-state index is 0.0399. The summed E-state index contributed by atoms with van der Waals surface area (Å²) in [5, 5.41) is 0. The van der Waals surface area contributed by atoms with Gasteiger partial charge in [0.15, 0.2) is 0 Å². The molecule has 2 rings (SSSR count). The Kier molecular flexibility index (Phi) is 6.40. The maximum atomic E-state index is 13.7. The Morgan fingerprint density at radius 2 is 1.85 bits per heavy atom. The van der Waals surface area contributed by atoms with Crippen LogP contribution in [0.1, 0.15) is 50.3 Å². The zero-order valence-corrected chi connectivity index (χ0v) is 16.8. The Morgan fingerprint density at radius 3 is 2.33 bits per heavy atom. The second-order valence-electron chi connectivity index (χ2n) is 8.38. The first-order chi connectivity index (χ1) is 12.4. The largest absolute Gasteiger partial charge is 0.417 e. The summed E-state index contributed by atoms with van der Waals surface area (Å²) in [4.78, 5) is 15.9. The van der Waals surface area contributed by atoms with E-state index in [2.05, 4.69) is 0 Å². The predicted octanol–water partition coefficient (Wildman–Crippen LogP) is 4.57. The average Bonchev–Trinajstić information content (AvgIpc) is 2.57. The van der Waals surface area contributed by atoms with Gasteiger partial charge in [0.25, 0.3) is 0 Å². The van der Waals surface area contributed by atoms with Gasteiger partial charge in [0.1, 0.15) is 0 Å². The lowest BCUT2D eigenvalue weighted by atomic mass is 9.83. The summed E-state index contributed by atoms with van der Waals surface area (Å²) >= 11 is 0. The van der Waals surface area contributed by atoms with Crippen LogP contribution in [0.5, 0.6) is 0 Å². The van der Waals surface area contributed by atoms with Gasteiger partial charge in [0, 0.05) is 26.1 Å². The van der Waals surface area contributed by atoms with Gasteiger partial charge >= 0.3 is 6.18 Å². The van der Waals surface area contributed by atoms with Crippen molar-refractivity contribution in [2.75, 3.05) is 33.7 Å². The molecule has 0 aromatic heterocycles. The van der Waals surface area contributed by atoms with Crippen LogP contribution in [0.2, 0.25) is 0 Å². The third kappa shape index (κ3) is 5.58. The Labute approximate surface area is 159 Å². The molecule has 1 aromatic carbocycles. The molecule has 27 heavy (non-hydrogen) atoms. The number of benzene rings is 1. The summed E-state index contributed by atoms with van der Waals surface area (Å²) in [6.45, 7) is 7.19. The molecule has 1 aliphatic rings. The van der Waals surface area contributed by atoms with E-state index < -0.39 is 11.7 Å². The minimum atomic E-state index is -4.41. The maximum absolute atomic E-state index is 13.7. The topological polar surface area (TPSA) is 23.6 Å². The van der Waals surface area contributed by atoms with Crippen LogP contribution < -0.4 is 0 Å². The van der Waals surface area contributed by atoms with Crippen molar-refractivity contribution in [3.05, 3.63) is 41.0 Å². The number of hydrogen-bond donors (Lipinski definition) is 0. The molecule has 0 aliphatic carbocycles. The van der Waals surface area contributed by atoms with Crippen molar-refractivity contribution >= 4 is 11.5 Å². The van der Waals surface area contributed by atoms with Crippen LogP contribution in [0.25, 0.3) is 5.57 Å². The van der Waals surface area contributed by atoms with Gasteiger partial charge in [-0.25, -0.2) is 0 Å². The standard InChI is InChI=1S/C21H29F3N2O/c1-20(2,3)16-6-7-17(18(14-16)21(22,23)24)15-8-12-26(13-9-15)19(27)10-11-25(4)5/h6-8,14H,9-13H2,1-5H3. The van der Waals surface area contributed by atoms with Crippen LogP contribution in [0.3, 0.4) is 0 Å². The van der Waals surface area contributed by atoms with Crippen molar-refractivity contribution in [2.45, 2.75) is 45.2 Å². The van der Waals surface area contributed by atoms with Crippen molar-refractivity contribution in [1.29, 1.82) is 0 Å². The number of amides is 1. The molecule has 150 valence electrons. The maximum Gasteiger partial charge on any atom is 0.417 e. The fourth-order valence-electron chi connectivity index (χ4n) is 3.14. The van der Waals surface area contributed by atoms with Crippen LogP contribution in [0.4, 0.5) is 13.2 Å². The third-order valence-corrected chi connectivity index (χ3v) is 4.87. The molecule has 1 amide bonds. The van der Waals surface area contributed by atoms with Crippen molar-refractivity contribution in [3.63, 3.8) is 0 Å². The van der Waals surface area contributed by atoms with Gasteiger partial charge in [-0.05, 0) is 48.7 Å². The van der Waals surface area contributed by atoms with E-state index in [9.17, 15) is 18.0 Å². The van der Waals surface area contributed by atoms with E-state index in [1.165, 1.54) is 6.07 Å². The summed E-state index contributed by atoms with van der Waals surface area (Å²) in [6.07, 6.45) is -1.79. The number of halogens is 3. The van der Waals surface area contributed by atoms with E-state index in [-0.39, 0.29) is 16.9 Å². The van der Waals surface area contributed by atoms with Crippen LogP contribution >= 0.6 is 0 Å². The molecule has 0 radical (unpaired) electrons. The molecule has 0 fully saturated rings. The minimum Gasteiger partial charge on any atom is -0.339 e. The SMILES string of the molecule is CN(C)CCC(=O)N1CC=C(c2ccc(C(C)(C)C)cc2C(F)(F)F)CC1. The number of nitrogens with zero attached hydrogens (tertiary/aromatic N) is 2. The van der Waals surface area contributed by atoms with Crippen molar-refractivity contribution in [1.82, 2.24) is 9.80 Å². The second-order valence-corrected chi connectivity index (χ2v) is 8.38. The number of hydrogen-bond acceptors (Lipinski definition) is 2. The van der Waals surface area contributed by atoms with Gasteiger partial charge in [0.05, 0.1) is 5.56 Å². The fourth-order valence-corrected chi connectivity index (χ4v) is 3.14. The summed E-state index contributed by atoms with van der Waals surface area (Å²) < 4.78 is 41.0. The first kappa shape index (κ1) is 21.5. The lowest BCUT2D eigenvalue weighted by Crippen LogP contribution is -2.36.